The lowest BCUT2D eigenvalue weighted by Crippen LogP contribution is -2.43. The van der Waals surface area contributed by atoms with E-state index in [1.807, 2.05) is 0 Å². The third kappa shape index (κ3) is 3.14. The summed E-state index contributed by atoms with van der Waals surface area (Å²) in [6.45, 7) is 2.30. The number of hydrogen-bond acceptors (Lipinski definition) is 4. The van der Waals surface area contributed by atoms with Crippen molar-refractivity contribution in [3.8, 4) is 0 Å². The number of sulfone groups is 1. The number of carboxylic acids is 1. The van der Waals surface area contributed by atoms with Gasteiger partial charge in [0, 0.05) is 25.4 Å². The summed E-state index contributed by atoms with van der Waals surface area (Å²) in [5.74, 6) is -0.845. The first-order chi connectivity index (χ1) is 9.81. The molecule has 2 atom stereocenters. The van der Waals surface area contributed by atoms with Crippen molar-refractivity contribution in [1.29, 1.82) is 0 Å². The van der Waals surface area contributed by atoms with Gasteiger partial charge >= 0.3 is 12.0 Å². The summed E-state index contributed by atoms with van der Waals surface area (Å²) in [5.41, 5.74) is -0.799. The summed E-state index contributed by atoms with van der Waals surface area (Å²) >= 11 is 0. The highest BCUT2D eigenvalue weighted by atomic mass is 32.2. The maximum absolute atomic E-state index is 12.0. The second kappa shape index (κ2) is 5.82. The molecule has 21 heavy (non-hydrogen) atoms. The van der Waals surface area contributed by atoms with E-state index in [9.17, 15) is 23.1 Å². The maximum Gasteiger partial charge on any atom is 0.317 e. The molecule has 2 N–H and O–H groups in total. The van der Waals surface area contributed by atoms with E-state index >= 15 is 0 Å². The second-order valence-corrected chi connectivity index (χ2v) is 8.37. The number of carbonyl (C=O) groups excluding carboxylic acids is 1. The number of hydrogen-bond donors (Lipinski definition) is 2. The molecule has 0 bridgehead atoms. The Morgan fingerprint density at radius 2 is 2.14 bits per heavy atom. The van der Waals surface area contributed by atoms with Crippen molar-refractivity contribution in [3.63, 3.8) is 0 Å². The molecule has 2 amide bonds. The second-order valence-electron chi connectivity index (χ2n) is 5.90. The summed E-state index contributed by atoms with van der Waals surface area (Å²) in [4.78, 5) is 25.1. The summed E-state index contributed by atoms with van der Waals surface area (Å²) in [6, 6.07) is -0.365. The van der Waals surface area contributed by atoms with Gasteiger partial charge in [-0.2, -0.15) is 0 Å². The highest BCUT2D eigenvalue weighted by Crippen LogP contribution is 2.48. The molecule has 1 saturated carbocycles. The number of carbonyl (C=O) groups is 2. The summed E-state index contributed by atoms with van der Waals surface area (Å²) in [7, 11) is -3.11. The lowest BCUT2D eigenvalue weighted by molar-refractivity contribution is -0.149. The fourth-order valence-electron chi connectivity index (χ4n) is 3.36. The normalized spacial score (nSPS) is 28.4. The first kappa shape index (κ1) is 16.1. The zero-order chi connectivity index (χ0) is 15.7. The Kier molecular flexibility index (Phi) is 4.46. The molecule has 2 fully saturated rings. The third-order valence-electron chi connectivity index (χ3n) is 4.71. The van der Waals surface area contributed by atoms with E-state index in [0.29, 0.717) is 13.0 Å². The van der Waals surface area contributed by atoms with Gasteiger partial charge in [-0.3, -0.25) is 4.79 Å². The molecule has 0 aromatic rings. The SMILES string of the molecule is CCS(=O)(=O)CCNC(=O)N1C[C@@H]2CCC[C@@]2(C(=O)O)C1. The smallest absolute Gasteiger partial charge is 0.317 e. The Hall–Kier alpha value is -1.31. The van der Waals surface area contributed by atoms with Crippen molar-refractivity contribution in [1.82, 2.24) is 10.2 Å². The Labute approximate surface area is 124 Å². The molecule has 0 aromatic carbocycles. The van der Waals surface area contributed by atoms with Gasteiger partial charge in [0.2, 0.25) is 0 Å². The minimum absolute atomic E-state index is 0.0140. The molecule has 7 nitrogen and oxygen atoms in total. The lowest BCUT2D eigenvalue weighted by Gasteiger charge is -2.23. The first-order valence-corrected chi connectivity index (χ1v) is 9.09. The van der Waals surface area contributed by atoms with Crippen LogP contribution in [0.5, 0.6) is 0 Å². The van der Waals surface area contributed by atoms with E-state index < -0.39 is 21.2 Å². The Bertz CT molecular complexity index is 533. The number of aliphatic carboxylic acids is 1. The van der Waals surface area contributed by atoms with Crippen molar-refractivity contribution < 1.29 is 23.1 Å². The minimum atomic E-state index is -3.11. The van der Waals surface area contributed by atoms with Crippen molar-refractivity contribution in [2.24, 2.45) is 11.3 Å². The van der Waals surface area contributed by atoms with Crippen molar-refractivity contribution in [2.75, 3.05) is 31.1 Å². The minimum Gasteiger partial charge on any atom is -0.481 e. The van der Waals surface area contributed by atoms with Crippen molar-refractivity contribution in [2.45, 2.75) is 26.2 Å². The van der Waals surface area contributed by atoms with Gasteiger partial charge in [0.25, 0.3) is 0 Å². The quantitative estimate of drug-likeness (QED) is 0.759. The Balaban J connectivity index is 1.90. The van der Waals surface area contributed by atoms with Gasteiger partial charge in [0.1, 0.15) is 0 Å². The van der Waals surface area contributed by atoms with Gasteiger partial charge in [-0.05, 0) is 18.8 Å². The van der Waals surface area contributed by atoms with Gasteiger partial charge in [-0.25, -0.2) is 13.2 Å². The molecule has 1 aliphatic heterocycles. The highest BCUT2D eigenvalue weighted by molar-refractivity contribution is 7.91. The largest absolute Gasteiger partial charge is 0.481 e. The predicted octanol–water partition coefficient (Wildman–Crippen LogP) is 0.317. The molecule has 2 aliphatic rings. The van der Waals surface area contributed by atoms with Crippen LogP contribution in [0.15, 0.2) is 0 Å². The Morgan fingerprint density at radius 1 is 1.43 bits per heavy atom. The van der Waals surface area contributed by atoms with Crippen LogP contribution >= 0.6 is 0 Å². The summed E-state index contributed by atoms with van der Waals surface area (Å²) < 4.78 is 22.7. The maximum atomic E-state index is 12.0. The number of nitrogens with one attached hydrogen (secondary N) is 1. The molecule has 1 saturated heterocycles. The van der Waals surface area contributed by atoms with E-state index in [1.165, 1.54) is 4.90 Å². The van der Waals surface area contributed by atoms with Gasteiger partial charge < -0.3 is 15.3 Å². The number of fused-ring (bicyclic) bond motifs is 1. The number of urea groups is 1. The summed E-state index contributed by atoms with van der Waals surface area (Å²) in [5, 5.41) is 12.0. The van der Waals surface area contributed by atoms with E-state index in [1.54, 1.807) is 6.92 Å². The third-order valence-corrected chi connectivity index (χ3v) is 6.42. The van der Waals surface area contributed by atoms with Gasteiger partial charge in [0.15, 0.2) is 9.84 Å². The standard InChI is InChI=1S/C13H22N2O5S/c1-2-21(19,20)7-6-14-12(18)15-8-10-4-3-5-13(10,9-15)11(16)17/h10H,2-9H2,1H3,(H,14,18)(H,16,17)/t10-,13+/m0/s1. The average molecular weight is 318 g/mol. The number of amides is 2. The monoisotopic (exact) mass is 318 g/mol. The highest BCUT2D eigenvalue weighted by Gasteiger charge is 2.55. The van der Waals surface area contributed by atoms with Crippen LogP contribution in [0.2, 0.25) is 0 Å². The topological polar surface area (TPSA) is 104 Å². The molecule has 0 unspecified atom stereocenters. The van der Waals surface area contributed by atoms with Gasteiger partial charge in [-0.1, -0.05) is 13.3 Å². The van der Waals surface area contributed by atoms with Crippen LogP contribution in [-0.4, -0.2) is 61.6 Å². The zero-order valence-electron chi connectivity index (χ0n) is 12.2. The van der Waals surface area contributed by atoms with Crippen LogP contribution in [-0.2, 0) is 14.6 Å². The molecular formula is C13H22N2O5S. The molecule has 8 heteroatoms. The Morgan fingerprint density at radius 3 is 2.71 bits per heavy atom. The fourth-order valence-corrected chi connectivity index (χ4v) is 4.06. The first-order valence-electron chi connectivity index (χ1n) is 7.27. The molecule has 0 radical (unpaired) electrons. The van der Waals surface area contributed by atoms with Crippen LogP contribution in [0.4, 0.5) is 4.79 Å². The van der Waals surface area contributed by atoms with Crippen molar-refractivity contribution in [3.05, 3.63) is 0 Å². The number of carboxylic acid groups (broad SMARTS) is 1. The van der Waals surface area contributed by atoms with Crippen LogP contribution in [0, 0.1) is 11.3 Å². The summed E-state index contributed by atoms with van der Waals surface area (Å²) in [6.07, 6.45) is 2.34. The molecule has 2 rings (SSSR count). The van der Waals surface area contributed by atoms with Gasteiger partial charge in [-0.15, -0.1) is 0 Å². The molecule has 1 heterocycles. The fraction of sp³-hybridized carbons (Fsp3) is 0.846. The average Bonchev–Trinajstić information content (AvgIpc) is 2.95. The number of nitrogens with zero attached hydrogens (tertiary/aromatic N) is 1. The van der Waals surface area contributed by atoms with Crippen LogP contribution < -0.4 is 5.32 Å². The molecular weight excluding hydrogens is 296 g/mol. The van der Waals surface area contributed by atoms with Crippen LogP contribution in [0.3, 0.4) is 0 Å². The molecule has 120 valence electrons. The van der Waals surface area contributed by atoms with E-state index in [0.717, 1.165) is 12.8 Å². The van der Waals surface area contributed by atoms with Gasteiger partial charge in [0.05, 0.1) is 11.2 Å². The number of rotatable bonds is 5. The molecule has 1 aliphatic carbocycles. The molecule has 0 aromatic heterocycles. The zero-order valence-corrected chi connectivity index (χ0v) is 13.0. The van der Waals surface area contributed by atoms with Crippen molar-refractivity contribution >= 4 is 21.8 Å². The predicted molar refractivity (Wildman–Crippen MR) is 76.7 cm³/mol. The lowest BCUT2D eigenvalue weighted by atomic mass is 9.81. The van der Waals surface area contributed by atoms with E-state index in [4.69, 9.17) is 0 Å². The number of likely N-dealkylation sites (tertiary alicyclic amines) is 1. The van der Waals surface area contributed by atoms with Crippen LogP contribution in [0.1, 0.15) is 26.2 Å². The van der Waals surface area contributed by atoms with Crippen LogP contribution in [0.25, 0.3) is 0 Å². The van der Waals surface area contributed by atoms with E-state index in [2.05, 4.69) is 5.32 Å². The molecule has 0 spiro atoms. The van der Waals surface area contributed by atoms with E-state index in [-0.39, 0.29) is 36.5 Å².